The van der Waals surface area contributed by atoms with Gasteiger partial charge in [0.2, 0.25) is 0 Å². The molecule has 0 radical (unpaired) electrons. The Balaban J connectivity index is 1.91. The van der Waals surface area contributed by atoms with Crippen molar-refractivity contribution in [1.29, 1.82) is 0 Å². The molecule has 1 aliphatic heterocycles. The summed E-state index contributed by atoms with van der Waals surface area (Å²) in [4.78, 5) is 6.50. The molecule has 1 aromatic heterocycles. The molecule has 0 atom stereocenters. The monoisotopic (exact) mass is 311 g/mol. The number of aromatic nitrogens is 1. The van der Waals surface area contributed by atoms with E-state index in [1.807, 2.05) is 25.1 Å². The molecule has 5 nitrogen and oxygen atoms in total. The van der Waals surface area contributed by atoms with Gasteiger partial charge in [0.15, 0.2) is 0 Å². The maximum absolute atomic E-state index is 4.34. The van der Waals surface area contributed by atoms with E-state index in [-0.39, 0.29) is 0 Å². The minimum absolute atomic E-state index is 0.874. The topological polar surface area (TPSA) is 52.6 Å². The molecule has 0 aromatic carbocycles. The van der Waals surface area contributed by atoms with Crippen molar-refractivity contribution in [2.75, 3.05) is 26.2 Å². The SMILES string of the molecule is CC(=NNC(=[Se])N1CCNCC1)c1ccccn1. The molecule has 1 aromatic rings. The predicted octanol–water partition coefficient (Wildman–Crippen LogP) is -0.444. The van der Waals surface area contributed by atoms with Crippen LogP contribution in [-0.2, 0) is 0 Å². The summed E-state index contributed by atoms with van der Waals surface area (Å²) >= 11 is 3.03. The molecule has 0 spiro atoms. The van der Waals surface area contributed by atoms with Crippen molar-refractivity contribution in [3.05, 3.63) is 30.1 Å². The first-order chi connectivity index (χ1) is 8.77. The summed E-state index contributed by atoms with van der Waals surface area (Å²) < 4.78 is 0.965. The van der Waals surface area contributed by atoms with Gasteiger partial charge in [0.1, 0.15) is 0 Å². The molecule has 1 fully saturated rings. The average Bonchev–Trinajstić information content (AvgIpc) is 2.46. The predicted molar refractivity (Wildman–Crippen MR) is 74.8 cm³/mol. The quantitative estimate of drug-likeness (QED) is 0.450. The van der Waals surface area contributed by atoms with Gasteiger partial charge in [-0.3, -0.25) is 0 Å². The number of nitrogens with zero attached hydrogens (tertiary/aromatic N) is 3. The first-order valence-electron chi connectivity index (χ1n) is 5.98. The second kappa shape index (κ2) is 6.64. The number of rotatable bonds is 4. The number of hydrogen-bond acceptors (Lipinski definition) is 5. The van der Waals surface area contributed by atoms with E-state index < -0.39 is 0 Å². The summed E-state index contributed by atoms with van der Waals surface area (Å²) in [5.41, 5.74) is 4.82. The van der Waals surface area contributed by atoms with E-state index in [0.717, 1.165) is 42.3 Å². The molecule has 18 heavy (non-hydrogen) atoms. The standard InChI is InChI=1S/C12H17N5Se/c1-10(11-4-2-3-5-14-11)15-16-12(18)17-8-6-13-7-9-17/h2-5,13H,6-9H2,1H3,(H,16,18). The summed E-state index contributed by atoms with van der Waals surface area (Å²) in [5.74, 6) is 0. The molecule has 2 rings (SSSR count). The third-order valence-corrected chi connectivity index (χ3v) is 3.49. The number of piperazine rings is 1. The van der Waals surface area contributed by atoms with Crippen LogP contribution in [0.1, 0.15) is 12.6 Å². The number of nitrogens with one attached hydrogen (secondary N) is 2. The van der Waals surface area contributed by atoms with Gasteiger partial charge in [-0.2, -0.15) is 0 Å². The van der Waals surface area contributed by atoms with Crippen LogP contribution in [0.15, 0.2) is 29.5 Å². The second-order valence-corrected chi connectivity index (χ2v) is 4.88. The third-order valence-electron chi connectivity index (χ3n) is 2.76. The summed E-state index contributed by atoms with van der Waals surface area (Å²) in [7, 11) is 0. The van der Waals surface area contributed by atoms with Crippen LogP contribution in [0.4, 0.5) is 0 Å². The maximum atomic E-state index is 4.34. The molecule has 6 heteroatoms. The van der Waals surface area contributed by atoms with Crippen molar-refractivity contribution >= 4 is 26.0 Å². The second-order valence-electron chi connectivity index (χ2n) is 4.07. The molecule has 0 saturated carbocycles. The molecule has 1 saturated heterocycles. The van der Waals surface area contributed by atoms with Gasteiger partial charge in [-0.05, 0) is 0 Å². The molecule has 2 N–H and O–H groups in total. The van der Waals surface area contributed by atoms with Gasteiger partial charge in [0, 0.05) is 0 Å². The van der Waals surface area contributed by atoms with Crippen LogP contribution in [-0.4, -0.2) is 62.0 Å². The third kappa shape index (κ3) is 3.63. The average molecular weight is 310 g/mol. The first kappa shape index (κ1) is 13.2. The Labute approximate surface area is 115 Å². The van der Waals surface area contributed by atoms with Crippen LogP contribution in [0, 0.1) is 0 Å². The zero-order chi connectivity index (χ0) is 12.8. The van der Waals surface area contributed by atoms with Crippen LogP contribution in [0.3, 0.4) is 0 Å². The molecule has 1 aliphatic rings. The molecule has 0 bridgehead atoms. The fraction of sp³-hybridized carbons (Fsp3) is 0.417. The number of hydrazone groups is 1. The zero-order valence-corrected chi connectivity index (χ0v) is 12.1. The van der Waals surface area contributed by atoms with Crippen molar-refractivity contribution < 1.29 is 0 Å². The van der Waals surface area contributed by atoms with Crippen molar-refractivity contribution in [3.63, 3.8) is 0 Å². The van der Waals surface area contributed by atoms with Crippen molar-refractivity contribution in [1.82, 2.24) is 20.6 Å². The van der Waals surface area contributed by atoms with E-state index >= 15 is 0 Å². The summed E-state index contributed by atoms with van der Waals surface area (Å²) in [6, 6.07) is 5.81. The van der Waals surface area contributed by atoms with Crippen molar-refractivity contribution in [2.24, 2.45) is 5.10 Å². The van der Waals surface area contributed by atoms with E-state index in [9.17, 15) is 0 Å². The molecule has 0 amide bonds. The van der Waals surface area contributed by atoms with E-state index in [1.54, 1.807) is 6.20 Å². The molecule has 2 heterocycles. The Hall–Kier alpha value is -1.23. The zero-order valence-electron chi connectivity index (χ0n) is 10.4. The van der Waals surface area contributed by atoms with Crippen LogP contribution in [0.2, 0.25) is 0 Å². The Morgan fingerprint density at radius 1 is 1.44 bits per heavy atom. The number of hydrogen-bond donors (Lipinski definition) is 2. The van der Waals surface area contributed by atoms with Crippen LogP contribution >= 0.6 is 0 Å². The van der Waals surface area contributed by atoms with Gasteiger partial charge in [-0.25, -0.2) is 0 Å². The van der Waals surface area contributed by atoms with E-state index in [1.165, 1.54) is 0 Å². The fourth-order valence-corrected chi connectivity index (χ4v) is 2.18. The Bertz CT molecular complexity index is 425. The Morgan fingerprint density at radius 2 is 2.22 bits per heavy atom. The molecular weight excluding hydrogens is 293 g/mol. The summed E-state index contributed by atoms with van der Waals surface area (Å²) in [6.07, 6.45) is 1.77. The fourth-order valence-electron chi connectivity index (χ4n) is 1.70. The van der Waals surface area contributed by atoms with Gasteiger partial charge in [-0.15, -0.1) is 0 Å². The van der Waals surface area contributed by atoms with E-state index in [0.29, 0.717) is 0 Å². The van der Waals surface area contributed by atoms with E-state index in [2.05, 4.69) is 41.3 Å². The van der Waals surface area contributed by atoms with Crippen LogP contribution in [0.25, 0.3) is 0 Å². The normalized spacial score (nSPS) is 16.5. The van der Waals surface area contributed by atoms with Gasteiger partial charge in [0.25, 0.3) is 0 Å². The molecule has 96 valence electrons. The van der Waals surface area contributed by atoms with Crippen LogP contribution in [0.5, 0.6) is 0 Å². The van der Waals surface area contributed by atoms with Gasteiger partial charge < -0.3 is 0 Å². The summed E-state index contributed by atoms with van der Waals surface area (Å²) in [5, 5.41) is 7.66. The van der Waals surface area contributed by atoms with Crippen LogP contribution < -0.4 is 10.7 Å². The van der Waals surface area contributed by atoms with Crippen molar-refractivity contribution in [2.45, 2.75) is 6.92 Å². The Morgan fingerprint density at radius 3 is 2.89 bits per heavy atom. The van der Waals surface area contributed by atoms with E-state index in [4.69, 9.17) is 0 Å². The first-order valence-corrected chi connectivity index (χ1v) is 6.84. The summed E-state index contributed by atoms with van der Waals surface area (Å²) in [6.45, 7) is 5.95. The molecule has 0 aliphatic carbocycles. The minimum atomic E-state index is 0.874. The molecule has 0 unspecified atom stereocenters. The van der Waals surface area contributed by atoms with Gasteiger partial charge in [0.05, 0.1) is 0 Å². The van der Waals surface area contributed by atoms with Gasteiger partial charge >= 0.3 is 115 Å². The van der Waals surface area contributed by atoms with Gasteiger partial charge in [-0.1, -0.05) is 0 Å². The van der Waals surface area contributed by atoms with Crippen molar-refractivity contribution in [3.8, 4) is 0 Å². The Kier molecular flexibility index (Phi) is 4.87. The molecular formula is C12H17N5Se. The number of pyridine rings is 1.